The maximum Gasteiger partial charge on any atom is 0.159 e. The molecule has 0 aromatic carbocycles. The van der Waals surface area contributed by atoms with Crippen LogP contribution in [0.15, 0.2) is 18.3 Å². The van der Waals surface area contributed by atoms with Crippen LogP contribution >= 0.6 is 11.6 Å². The summed E-state index contributed by atoms with van der Waals surface area (Å²) >= 11 is 5.73. The third-order valence-electron chi connectivity index (χ3n) is 2.79. The molecule has 1 unspecified atom stereocenters. The molecular weight excluding hydrogens is 262 g/mol. The van der Waals surface area contributed by atoms with Crippen molar-refractivity contribution in [2.75, 3.05) is 13.2 Å². The Morgan fingerprint density at radius 3 is 3.00 bits per heavy atom. The van der Waals surface area contributed by atoms with Gasteiger partial charge in [0.1, 0.15) is 5.15 Å². The molecule has 0 radical (unpaired) electrons. The van der Waals surface area contributed by atoms with Gasteiger partial charge in [-0.15, -0.1) is 0 Å². The fourth-order valence-electron chi connectivity index (χ4n) is 1.88. The monoisotopic (exact) mass is 275 g/mol. The molecule has 1 aliphatic heterocycles. The zero-order valence-corrected chi connectivity index (χ0v) is 10.9. The second-order valence-electron chi connectivity index (χ2n) is 4.13. The maximum atomic E-state index is 12.1. The SMILES string of the molecule is O=S(=O)(Cc1ccnc(Cl)c1)C1CCCOC1. The van der Waals surface area contributed by atoms with E-state index >= 15 is 0 Å². The van der Waals surface area contributed by atoms with Gasteiger partial charge in [-0.25, -0.2) is 13.4 Å². The molecule has 2 heterocycles. The van der Waals surface area contributed by atoms with E-state index in [9.17, 15) is 8.42 Å². The van der Waals surface area contributed by atoms with Gasteiger partial charge in [-0.2, -0.15) is 0 Å². The van der Waals surface area contributed by atoms with Gasteiger partial charge in [0.05, 0.1) is 17.6 Å². The minimum Gasteiger partial charge on any atom is -0.380 e. The number of rotatable bonds is 3. The average molecular weight is 276 g/mol. The van der Waals surface area contributed by atoms with E-state index in [4.69, 9.17) is 16.3 Å². The normalized spacial score (nSPS) is 21.4. The quantitative estimate of drug-likeness (QED) is 0.790. The molecule has 94 valence electrons. The predicted molar refractivity (Wildman–Crippen MR) is 65.7 cm³/mol. The Morgan fingerprint density at radius 2 is 2.35 bits per heavy atom. The lowest BCUT2D eigenvalue weighted by Gasteiger charge is -2.22. The van der Waals surface area contributed by atoms with Gasteiger partial charge in [-0.1, -0.05) is 11.6 Å². The Morgan fingerprint density at radius 1 is 1.53 bits per heavy atom. The minimum atomic E-state index is -3.16. The van der Waals surface area contributed by atoms with Crippen molar-refractivity contribution in [1.82, 2.24) is 4.98 Å². The number of nitrogens with zero attached hydrogens (tertiary/aromatic N) is 1. The maximum absolute atomic E-state index is 12.1. The predicted octanol–water partition coefficient (Wildman–Crippen LogP) is 1.83. The summed E-state index contributed by atoms with van der Waals surface area (Å²) in [5, 5.41) is -0.0687. The zero-order chi connectivity index (χ0) is 12.3. The lowest BCUT2D eigenvalue weighted by molar-refractivity contribution is 0.0991. The van der Waals surface area contributed by atoms with E-state index in [0.29, 0.717) is 30.4 Å². The van der Waals surface area contributed by atoms with Crippen LogP contribution in [0.5, 0.6) is 0 Å². The van der Waals surface area contributed by atoms with E-state index < -0.39 is 9.84 Å². The molecule has 1 aliphatic rings. The number of pyridine rings is 1. The topological polar surface area (TPSA) is 56.3 Å². The highest BCUT2D eigenvalue weighted by Crippen LogP contribution is 2.19. The van der Waals surface area contributed by atoms with E-state index in [-0.39, 0.29) is 11.0 Å². The first-order valence-electron chi connectivity index (χ1n) is 5.48. The summed E-state index contributed by atoms with van der Waals surface area (Å²) < 4.78 is 29.5. The molecule has 1 atom stereocenters. The summed E-state index contributed by atoms with van der Waals surface area (Å²) in [6.45, 7) is 0.967. The second-order valence-corrected chi connectivity index (χ2v) is 6.80. The van der Waals surface area contributed by atoms with Gasteiger partial charge in [0.25, 0.3) is 0 Å². The first kappa shape index (κ1) is 12.8. The van der Waals surface area contributed by atoms with Crippen molar-refractivity contribution in [3.05, 3.63) is 29.0 Å². The van der Waals surface area contributed by atoms with Crippen LogP contribution in [0.2, 0.25) is 5.15 Å². The first-order chi connectivity index (χ1) is 8.08. The number of hydrogen-bond donors (Lipinski definition) is 0. The third kappa shape index (κ3) is 3.40. The molecule has 0 spiro atoms. The van der Waals surface area contributed by atoms with Gasteiger partial charge in [-0.05, 0) is 30.5 Å². The smallest absolute Gasteiger partial charge is 0.159 e. The molecule has 1 aromatic heterocycles. The molecule has 0 saturated carbocycles. The molecule has 0 amide bonds. The van der Waals surface area contributed by atoms with Crippen LogP contribution in [-0.2, 0) is 20.3 Å². The van der Waals surface area contributed by atoms with Gasteiger partial charge in [-0.3, -0.25) is 0 Å². The van der Waals surface area contributed by atoms with Crippen molar-refractivity contribution in [1.29, 1.82) is 0 Å². The van der Waals surface area contributed by atoms with Crippen LogP contribution in [0.1, 0.15) is 18.4 Å². The number of aromatic nitrogens is 1. The summed E-state index contributed by atoms with van der Waals surface area (Å²) in [4.78, 5) is 3.83. The van der Waals surface area contributed by atoms with Crippen molar-refractivity contribution >= 4 is 21.4 Å². The third-order valence-corrected chi connectivity index (χ3v) is 5.12. The summed E-state index contributed by atoms with van der Waals surface area (Å²) in [6.07, 6.45) is 3.01. The van der Waals surface area contributed by atoms with Crippen LogP contribution in [0.3, 0.4) is 0 Å². The Balaban J connectivity index is 2.11. The molecule has 4 nitrogen and oxygen atoms in total. The van der Waals surface area contributed by atoms with E-state index in [2.05, 4.69) is 4.98 Å². The molecule has 1 saturated heterocycles. The Labute approximate surface area is 106 Å². The lowest BCUT2D eigenvalue weighted by Crippen LogP contribution is -2.31. The van der Waals surface area contributed by atoms with Gasteiger partial charge in [0.15, 0.2) is 9.84 Å². The second kappa shape index (κ2) is 5.33. The number of hydrogen-bond acceptors (Lipinski definition) is 4. The van der Waals surface area contributed by atoms with Gasteiger partial charge in [0.2, 0.25) is 0 Å². The Kier molecular flexibility index (Phi) is 4.01. The highest BCUT2D eigenvalue weighted by atomic mass is 35.5. The van der Waals surface area contributed by atoms with Crippen molar-refractivity contribution in [2.24, 2.45) is 0 Å². The van der Waals surface area contributed by atoms with E-state index in [1.165, 1.54) is 6.20 Å². The highest BCUT2D eigenvalue weighted by Gasteiger charge is 2.28. The minimum absolute atomic E-state index is 0.00324. The molecule has 0 bridgehead atoms. The molecule has 6 heteroatoms. The van der Waals surface area contributed by atoms with Gasteiger partial charge >= 0.3 is 0 Å². The number of halogens is 1. The first-order valence-corrected chi connectivity index (χ1v) is 7.57. The van der Waals surface area contributed by atoms with Crippen LogP contribution in [0.25, 0.3) is 0 Å². The van der Waals surface area contributed by atoms with E-state index in [0.717, 1.165) is 6.42 Å². The molecule has 17 heavy (non-hydrogen) atoms. The fourth-order valence-corrected chi connectivity index (χ4v) is 3.78. The van der Waals surface area contributed by atoms with Gasteiger partial charge in [0, 0.05) is 12.8 Å². The van der Waals surface area contributed by atoms with Crippen LogP contribution in [-0.4, -0.2) is 31.9 Å². The molecule has 2 rings (SSSR count). The molecule has 0 N–H and O–H groups in total. The molecular formula is C11H14ClNO3S. The van der Waals surface area contributed by atoms with Crippen molar-refractivity contribution in [2.45, 2.75) is 23.8 Å². The summed E-state index contributed by atoms with van der Waals surface area (Å²) in [5.74, 6) is 0.00324. The van der Waals surface area contributed by atoms with E-state index in [1.54, 1.807) is 12.1 Å². The average Bonchev–Trinajstić information content (AvgIpc) is 2.29. The molecule has 1 fully saturated rings. The number of sulfone groups is 1. The summed E-state index contributed by atoms with van der Waals surface area (Å²) in [5.41, 5.74) is 0.676. The lowest BCUT2D eigenvalue weighted by atomic mass is 10.2. The summed E-state index contributed by atoms with van der Waals surface area (Å²) in [7, 11) is -3.16. The summed E-state index contributed by atoms with van der Waals surface area (Å²) in [6, 6.07) is 3.26. The molecule has 1 aromatic rings. The van der Waals surface area contributed by atoms with Crippen LogP contribution in [0, 0.1) is 0 Å². The Hall–Kier alpha value is -0.650. The zero-order valence-electron chi connectivity index (χ0n) is 9.30. The Bertz CT molecular complexity index is 483. The van der Waals surface area contributed by atoms with Crippen LogP contribution in [0.4, 0.5) is 0 Å². The van der Waals surface area contributed by atoms with Crippen molar-refractivity contribution in [3.63, 3.8) is 0 Å². The standard InChI is InChI=1S/C11H14ClNO3S/c12-11-6-9(3-4-13-11)8-17(14,15)10-2-1-5-16-7-10/h3-4,6,10H,1-2,5,7-8H2. The largest absolute Gasteiger partial charge is 0.380 e. The molecule has 0 aliphatic carbocycles. The van der Waals surface area contributed by atoms with Crippen molar-refractivity contribution < 1.29 is 13.2 Å². The number of ether oxygens (including phenoxy) is 1. The van der Waals surface area contributed by atoms with Gasteiger partial charge < -0.3 is 4.74 Å². The fraction of sp³-hybridized carbons (Fsp3) is 0.545. The van der Waals surface area contributed by atoms with E-state index in [1.807, 2.05) is 0 Å². The van der Waals surface area contributed by atoms with Crippen LogP contribution < -0.4 is 0 Å². The van der Waals surface area contributed by atoms with Crippen molar-refractivity contribution in [3.8, 4) is 0 Å². The highest BCUT2D eigenvalue weighted by molar-refractivity contribution is 7.91.